The smallest absolute Gasteiger partial charge is 0.253 e. The van der Waals surface area contributed by atoms with Gasteiger partial charge in [-0.2, -0.15) is 5.01 Å². The molecule has 2 amide bonds. The Labute approximate surface area is 103 Å². The molecule has 1 saturated carbocycles. The number of hydrogen-bond acceptors (Lipinski definition) is 4. The Morgan fingerprint density at radius 3 is 1.89 bits per heavy atom. The summed E-state index contributed by atoms with van der Waals surface area (Å²) in [6.45, 7) is 0. The molecule has 1 aliphatic heterocycles. The van der Waals surface area contributed by atoms with Gasteiger partial charge in [-0.25, -0.2) is 4.68 Å². The standard InChI is InChI=1S/C12H12N4O2/c17-11-9-7-1-2-8(4-3-7)10(9)12(18)16(11)15-5-13-14-6-15/h1-2,5-10H,3-4H2/t7-,8+,9+,10-. The number of hydrogen-bond donors (Lipinski definition) is 0. The maximum Gasteiger partial charge on any atom is 0.253 e. The molecule has 0 aromatic carbocycles. The highest BCUT2D eigenvalue weighted by atomic mass is 16.2. The number of rotatable bonds is 1. The lowest BCUT2D eigenvalue weighted by atomic mass is 9.63. The molecule has 18 heavy (non-hydrogen) atoms. The molecule has 1 aromatic heterocycles. The van der Waals surface area contributed by atoms with Gasteiger partial charge in [-0.05, 0) is 24.7 Å². The largest absolute Gasteiger partial charge is 0.272 e. The molecular formula is C12H12N4O2. The summed E-state index contributed by atoms with van der Waals surface area (Å²) < 4.78 is 1.39. The van der Waals surface area contributed by atoms with Crippen LogP contribution in [0.25, 0.3) is 0 Å². The van der Waals surface area contributed by atoms with Gasteiger partial charge in [0.15, 0.2) is 0 Å². The summed E-state index contributed by atoms with van der Waals surface area (Å²) in [6, 6.07) is 0. The van der Waals surface area contributed by atoms with E-state index in [9.17, 15) is 9.59 Å². The summed E-state index contributed by atoms with van der Waals surface area (Å²) in [4.78, 5) is 24.9. The van der Waals surface area contributed by atoms with Crippen molar-refractivity contribution in [1.29, 1.82) is 0 Å². The zero-order chi connectivity index (χ0) is 12.3. The maximum absolute atomic E-state index is 12.4. The third-order valence-electron chi connectivity index (χ3n) is 4.37. The van der Waals surface area contributed by atoms with Crippen LogP contribution in [0.5, 0.6) is 0 Å². The first-order valence-electron chi connectivity index (χ1n) is 6.18. The minimum Gasteiger partial charge on any atom is -0.272 e. The topological polar surface area (TPSA) is 68.1 Å². The number of fused-ring (bicyclic) bond motifs is 1. The predicted octanol–water partition coefficient (Wildman–Crippen LogP) is 0.111. The summed E-state index contributed by atoms with van der Waals surface area (Å²) in [6.07, 6.45) is 9.02. The minimum atomic E-state index is -0.177. The van der Waals surface area contributed by atoms with Crippen LogP contribution in [0.2, 0.25) is 0 Å². The molecule has 0 spiro atoms. The molecule has 1 saturated heterocycles. The molecule has 92 valence electrons. The number of amides is 2. The Morgan fingerprint density at radius 2 is 1.44 bits per heavy atom. The van der Waals surface area contributed by atoms with Crippen LogP contribution in [0.3, 0.4) is 0 Å². The van der Waals surface area contributed by atoms with E-state index in [0.29, 0.717) is 0 Å². The second kappa shape index (κ2) is 3.28. The lowest BCUT2D eigenvalue weighted by Crippen LogP contribution is -2.40. The van der Waals surface area contributed by atoms with Crippen molar-refractivity contribution in [2.75, 3.05) is 5.01 Å². The second-order valence-corrected chi connectivity index (χ2v) is 5.17. The summed E-state index contributed by atoms with van der Waals surface area (Å²) in [5, 5.41) is 8.52. The lowest BCUT2D eigenvalue weighted by molar-refractivity contribution is -0.125. The lowest BCUT2D eigenvalue weighted by Gasteiger charge is -2.37. The molecule has 4 aliphatic rings. The van der Waals surface area contributed by atoms with Crippen LogP contribution in [0.1, 0.15) is 12.8 Å². The van der Waals surface area contributed by atoms with Crippen LogP contribution in [-0.4, -0.2) is 26.7 Å². The van der Waals surface area contributed by atoms with Crippen LogP contribution in [-0.2, 0) is 9.59 Å². The fourth-order valence-electron chi connectivity index (χ4n) is 3.58. The van der Waals surface area contributed by atoms with Crippen LogP contribution >= 0.6 is 0 Å². The van der Waals surface area contributed by atoms with E-state index in [1.54, 1.807) is 0 Å². The van der Waals surface area contributed by atoms with E-state index in [2.05, 4.69) is 22.3 Å². The van der Waals surface area contributed by atoms with Gasteiger partial charge in [0.25, 0.3) is 11.8 Å². The van der Waals surface area contributed by atoms with Gasteiger partial charge in [0.1, 0.15) is 12.7 Å². The molecule has 1 aromatic rings. The molecule has 0 unspecified atom stereocenters. The monoisotopic (exact) mass is 244 g/mol. The molecule has 0 N–H and O–H groups in total. The number of aromatic nitrogens is 3. The van der Waals surface area contributed by atoms with Crippen molar-refractivity contribution in [2.24, 2.45) is 23.7 Å². The molecule has 6 heteroatoms. The SMILES string of the molecule is O=C1[C@@H]2[C@H](C(=O)N1n1cnnc1)[C@H]1C=C[C@@H]2CC1. The van der Waals surface area contributed by atoms with Gasteiger partial charge in [-0.1, -0.05) is 12.2 Å². The maximum atomic E-state index is 12.4. The zero-order valence-corrected chi connectivity index (χ0v) is 9.64. The van der Waals surface area contributed by atoms with Crippen molar-refractivity contribution in [1.82, 2.24) is 14.9 Å². The van der Waals surface area contributed by atoms with E-state index in [4.69, 9.17) is 0 Å². The number of nitrogens with zero attached hydrogens (tertiary/aromatic N) is 4. The molecule has 5 rings (SSSR count). The van der Waals surface area contributed by atoms with Crippen LogP contribution < -0.4 is 5.01 Å². The van der Waals surface area contributed by atoms with Gasteiger partial charge in [-0.3, -0.25) is 9.59 Å². The van der Waals surface area contributed by atoms with E-state index in [1.165, 1.54) is 22.3 Å². The summed E-state index contributed by atoms with van der Waals surface area (Å²) >= 11 is 0. The van der Waals surface area contributed by atoms with E-state index >= 15 is 0 Å². The van der Waals surface area contributed by atoms with E-state index < -0.39 is 0 Å². The molecule has 4 atom stereocenters. The normalized spacial score (nSPS) is 37.4. The Balaban J connectivity index is 1.79. The summed E-state index contributed by atoms with van der Waals surface area (Å²) in [7, 11) is 0. The van der Waals surface area contributed by atoms with Crippen molar-refractivity contribution in [3.8, 4) is 0 Å². The zero-order valence-electron chi connectivity index (χ0n) is 9.64. The Kier molecular flexibility index (Phi) is 1.82. The van der Waals surface area contributed by atoms with Gasteiger partial charge < -0.3 is 0 Å². The van der Waals surface area contributed by atoms with Crippen molar-refractivity contribution in [2.45, 2.75) is 12.8 Å². The second-order valence-electron chi connectivity index (χ2n) is 5.17. The Bertz CT molecular complexity index is 518. The summed E-state index contributed by atoms with van der Waals surface area (Å²) in [5.41, 5.74) is 0. The van der Waals surface area contributed by atoms with Crippen molar-refractivity contribution in [3.05, 3.63) is 24.8 Å². The van der Waals surface area contributed by atoms with E-state index in [0.717, 1.165) is 12.8 Å². The van der Waals surface area contributed by atoms with Crippen LogP contribution in [0, 0.1) is 23.7 Å². The highest BCUT2D eigenvalue weighted by molar-refractivity contribution is 6.17. The molecule has 0 radical (unpaired) electrons. The van der Waals surface area contributed by atoms with Gasteiger partial charge in [0, 0.05) is 0 Å². The number of carbonyl (C=O) groups excluding carboxylic acids is 2. The van der Waals surface area contributed by atoms with Crippen LogP contribution in [0.15, 0.2) is 24.8 Å². The third-order valence-corrected chi connectivity index (χ3v) is 4.37. The summed E-state index contributed by atoms with van der Waals surface area (Å²) in [5.74, 6) is -0.129. The fraction of sp³-hybridized carbons (Fsp3) is 0.500. The van der Waals surface area contributed by atoms with E-state index in [1.807, 2.05) is 0 Å². The Hall–Kier alpha value is -1.98. The first kappa shape index (κ1) is 9.99. The third kappa shape index (κ3) is 1.07. The molecule has 2 heterocycles. The van der Waals surface area contributed by atoms with Gasteiger partial charge in [0.2, 0.25) is 0 Å². The molecule has 2 fully saturated rings. The van der Waals surface area contributed by atoms with Gasteiger partial charge >= 0.3 is 0 Å². The van der Waals surface area contributed by atoms with Gasteiger partial charge in [-0.15, -0.1) is 10.2 Å². The average Bonchev–Trinajstić information content (AvgIpc) is 3.00. The molecular weight excluding hydrogens is 232 g/mol. The number of imide groups is 1. The quantitative estimate of drug-likeness (QED) is 0.519. The number of carbonyl (C=O) groups is 2. The first-order chi connectivity index (χ1) is 8.77. The highest BCUT2D eigenvalue weighted by Crippen LogP contribution is 2.48. The first-order valence-corrected chi connectivity index (χ1v) is 6.18. The average molecular weight is 244 g/mol. The Morgan fingerprint density at radius 1 is 0.944 bits per heavy atom. The molecule has 6 nitrogen and oxygen atoms in total. The fourth-order valence-corrected chi connectivity index (χ4v) is 3.58. The number of allylic oxidation sites excluding steroid dienone is 2. The van der Waals surface area contributed by atoms with Crippen molar-refractivity contribution >= 4 is 11.8 Å². The molecule has 2 bridgehead atoms. The molecule has 3 aliphatic carbocycles. The van der Waals surface area contributed by atoms with Crippen molar-refractivity contribution < 1.29 is 9.59 Å². The van der Waals surface area contributed by atoms with Crippen LogP contribution in [0.4, 0.5) is 0 Å². The van der Waals surface area contributed by atoms with Crippen molar-refractivity contribution in [3.63, 3.8) is 0 Å². The minimum absolute atomic E-state index is 0.108. The predicted molar refractivity (Wildman–Crippen MR) is 60.6 cm³/mol. The van der Waals surface area contributed by atoms with E-state index in [-0.39, 0.29) is 35.5 Å². The van der Waals surface area contributed by atoms with Gasteiger partial charge in [0.05, 0.1) is 11.8 Å². The highest BCUT2D eigenvalue weighted by Gasteiger charge is 2.57.